The van der Waals surface area contributed by atoms with Crippen LogP contribution in [0.5, 0.6) is 0 Å². The van der Waals surface area contributed by atoms with Crippen LogP contribution in [0, 0.1) is 10.1 Å². The van der Waals surface area contributed by atoms with E-state index in [0.717, 1.165) is 5.56 Å². The molecule has 8 nitrogen and oxygen atoms in total. The van der Waals surface area contributed by atoms with Gasteiger partial charge in [0.05, 0.1) is 4.92 Å². The molecule has 33 heavy (non-hydrogen) atoms. The van der Waals surface area contributed by atoms with E-state index in [0.29, 0.717) is 12.0 Å². The zero-order chi connectivity index (χ0) is 23.8. The number of nitro benzene ring substituents is 1. The van der Waals surface area contributed by atoms with Crippen molar-refractivity contribution in [3.8, 4) is 0 Å². The monoisotopic (exact) mass is 467 g/mol. The lowest BCUT2D eigenvalue weighted by Crippen LogP contribution is -2.72. The van der Waals surface area contributed by atoms with Crippen LogP contribution in [0.4, 0.5) is 5.69 Å². The molecule has 2 aliphatic rings. The van der Waals surface area contributed by atoms with Gasteiger partial charge >= 0.3 is 5.97 Å². The van der Waals surface area contributed by atoms with E-state index in [1.165, 1.54) is 12.1 Å². The first-order valence-electron chi connectivity index (χ1n) is 10.7. The molecule has 0 bridgehead atoms. The number of ether oxygens (including phenoxy) is 1. The Labute approximate surface area is 196 Å². The number of carbonyl (C=O) groups excluding carboxylic acids is 2. The van der Waals surface area contributed by atoms with Crippen LogP contribution in [0.15, 0.2) is 59.6 Å². The average molecular weight is 468 g/mol. The molecule has 0 saturated carbocycles. The summed E-state index contributed by atoms with van der Waals surface area (Å²) in [6.45, 7) is 5.94. The third-order valence-corrected chi connectivity index (χ3v) is 7.82. The molecule has 4 rings (SSSR count). The zero-order valence-corrected chi connectivity index (χ0v) is 19.5. The number of benzene rings is 2. The first kappa shape index (κ1) is 23.0. The Morgan fingerprint density at radius 1 is 1.21 bits per heavy atom. The lowest BCUT2D eigenvalue weighted by molar-refractivity contribution is -0.384. The molecule has 172 valence electrons. The number of rotatable bonds is 7. The Balaban J connectivity index is 1.52. The van der Waals surface area contributed by atoms with Crippen LogP contribution in [-0.4, -0.2) is 49.6 Å². The largest absolute Gasteiger partial charge is 0.459 e. The maximum atomic E-state index is 13.3. The number of amides is 1. The number of esters is 1. The summed E-state index contributed by atoms with van der Waals surface area (Å²) in [6.07, 6.45) is 2.06. The van der Waals surface area contributed by atoms with Gasteiger partial charge in [-0.2, -0.15) is 0 Å². The summed E-state index contributed by atoms with van der Waals surface area (Å²) in [5, 5.41) is 10.6. The van der Waals surface area contributed by atoms with Gasteiger partial charge in [0.15, 0.2) is 5.54 Å². The van der Waals surface area contributed by atoms with Gasteiger partial charge in [-0.1, -0.05) is 37.3 Å². The molecule has 0 aromatic heterocycles. The van der Waals surface area contributed by atoms with E-state index in [9.17, 15) is 19.7 Å². The smallest absolute Gasteiger partial charge is 0.330 e. The van der Waals surface area contributed by atoms with Crippen LogP contribution >= 0.6 is 11.8 Å². The SMILES string of the molecule is CCC1(N=Cc2ccc([N+](=O)[O-])cc2)C(=O)N2[C@@H](C(=O)OCc3ccccc3)C(C)(C)S[C@@H]21. The van der Waals surface area contributed by atoms with Crippen LogP contribution in [0.25, 0.3) is 0 Å². The van der Waals surface area contributed by atoms with Gasteiger partial charge in [0.25, 0.3) is 11.6 Å². The van der Waals surface area contributed by atoms with Crippen molar-refractivity contribution < 1.29 is 19.2 Å². The number of nitrogens with zero attached hydrogens (tertiary/aromatic N) is 3. The molecule has 0 spiro atoms. The minimum Gasteiger partial charge on any atom is -0.459 e. The summed E-state index contributed by atoms with van der Waals surface area (Å²) in [5.41, 5.74) is 0.573. The number of hydrogen-bond acceptors (Lipinski definition) is 7. The quantitative estimate of drug-likeness (QED) is 0.201. The van der Waals surface area contributed by atoms with Gasteiger partial charge in [-0.15, -0.1) is 11.8 Å². The molecule has 1 amide bonds. The molecule has 0 radical (unpaired) electrons. The van der Waals surface area contributed by atoms with Crippen LogP contribution in [0.1, 0.15) is 38.3 Å². The van der Waals surface area contributed by atoms with Crippen molar-refractivity contribution in [3.05, 3.63) is 75.8 Å². The van der Waals surface area contributed by atoms with Gasteiger partial charge in [0, 0.05) is 23.1 Å². The number of non-ortho nitro benzene ring substituents is 1. The second-order valence-corrected chi connectivity index (χ2v) is 10.4. The molecule has 2 saturated heterocycles. The topological polar surface area (TPSA) is 102 Å². The summed E-state index contributed by atoms with van der Waals surface area (Å²) in [4.78, 5) is 43.0. The van der Waals surface area contributed by atoms with Gasteiger partial charge in [-0.25, -0.2) is 4.79 Å². The van der Waals surface area contributed by atoms with Crippen molar-refractivity contribution in [1.29, 1.82) is 0 Å². The third-order valence-electron chi connectivity index (χ3n) is 6.15. The minimum absolute atomic E-state index is 0.00629. The summed E-state index contributed by atoms with van der Waals surface area (Å²) in [6, 6.07) is 14.7. The van der Waals surface area contributed by atoms with Gasteiger partial charge < -0.3 is 9.64 Å². The van der Waals surface area contributed by atoms with Crippen molar-refractivity contribution in [2.45, 2.75) is 55.5 Å². The van der Waals surface area contributed by atoms with E-state index in [1.54, 1.807) is 35.0 Å². The predicted octanol–water partition coefficient (Wildman–Crippen LogP) is 3.97. The Morgan fingerprint density at radius 2 is 1.88 bits per heavy atom. The molecule has 2 aromatic rings. The molecular formula is C24H25N3O5S. The maximum absolute atomic E-state index is 13.3. The molecule has 2 heterocycles. The lowest BCUT2D eigenvalue weighted by atomic mass is 9.83. The fraction of sp³-hybridized carbons (Fsp3) is 0.375. The van der Waals surface area contributed by atoms with Crippen molar-refractivity contribution in [1.82, 2.24) is 4.90 Å². The highest BCUT2D eigenvalue weighted by molar-refractivity contribution is 8.01. The first-order chi connectivity index (χ1) is 15.7. The highest BCUT2D eigenvalue weighted by Crippen LogP contribution is 2.57. The molecule has 3 atom stereocenters. The van der Waals surface area contributed by atoms with E-state index < -0.39 is 27.2 Å². The van der Waals surface area contributed by atoms with Crippen molar-refractivity contribution in [2.24, 2.45) is 4.99 Å². The standard InChI is InChI=1S/C24H25N3O5S/c1-4-24(25-14-16-10-12-18(13-11-16)27(30)31)21(29)26-19(23(2,3)33-22(24)26)20(28)32-15-17-8-6-5-7-9-17/h5-14,19,22H,4,15H2,1-3H3/t19-,22+,24?/m0/s1. The Kier molecular flexibility index (Phi) is 6.00. The summed E-state index contributed by atoms with van der Waals surface area (Å²) in [5.74, 6) is -0.621. The second-order valence-electron chi connectivity index (χ2n) is 8.67. The molecular weight excluding hydrogens is 442 g/mol. The summed E-state index contributed by atoms with van der Waals surface area (Å²) in [7, 11) is 0. The zero-order valence-electron chi connectivity index (χ0n) is 18.6. The predicted molar refractivity (Wildman–Crippen MR) is 126 cm³/mol. The molecule has 2 aromatic carbocycles. The van der Waals surface area contributed by atoms with Crippen molar-refractivity contribution >= 4 is 35.5 Å². The van der Waals surface area contributed by atoms with E-state index in [4.69, 9.17) is 4.74 Å². The molecule has 0 N–H and O–H groups in total. The average Bonchev–Trinajstić information content (AvgIpc) is 3.07. The van der Waals surface area contributed by atoms with E-state index in [-0.39, 0.29) is 23.6 Å². The fourth-order valence-corrected chi connectivity index (χ4v) is 6.08. The molecule has 9 heteroatoms. The van der Waals surface area contributed by atoms with Crippen LogP contribution < -0.4 is 0 Å². The summed E-state index contributed by atoms with van der Waals surface area (Å²) < 4.78 is 5.04. The lowest BCUT2D eigenvalue weighted by Gasteiger charge is -2.50. The first-order valence-corrected chi connectivity index (χ1v) is 11.6. The fourth-order valence-electron chi connectivity index (χ4n) is 4.31. The molecule has 2 aliphatic heterocycles. The normalized spacial score (nSPS) is 25.5. The Morgan fingerprint density at radius 3 is 2.48 bits per heavy atom. The maximum Gasteiger partial charge on any atom is 0.330 e. The van der Waals surface area contributed by atoms with Gasteiger partial charge in [0.1, 0.15) is 18.0 Å². The number of thioether (sulfide) groups is 1. The molecule has 1 unspecified atom stereocenters. The van der Waals surface area contributed by atoms with Crippen LogP contribution in [-0.2, 0) is 20.9 Å². The van der Waals surface area contributed by atoms with Gasteiger partial charge in [-0.3, -0.25) is 19.9 Å². The van der Waals surface area contributed by atoms with Crippen LogP contribution in [0.2, 0.25) is 0 Å². The highest BCUT2D eigenvalue weighted by atomic mass is 32.2. The van der Waals surface area contributed by atoms with E-state index in [2.05, 4.69) is 4.99 Å². The summed E-state index contributed by atoms with van der Waals surface area (Å²) >= 11 is 1.55. The Bertz CT molecular complexity index is 1100. The van der Waals surface area contributed by atoms with Gasteiger partial charge in [-0.05, 0) is 43.5 Å². The Hall–Kier alpha value is -3.20. The second kappa shape index (κ2) is 8.62. The number of hydrogen-bond donors (Lipinski definition) is 0. The van der Waals surface area contributed by atoms with E-state index in [1.807, 2.05) is 51.1 Å². The van der Waals surface area contributed by atoms with Crippen LogP contribution in [0.3, 0.4) is 0 Å². The number of aliphatic imine (C=N–C) groups is 1. The van der Waals surface area contributed by atoms with Crippen molar-refractivity contribution in [2.75, 3.05) is 0 Å². The highest BCUT2D eigenvalue weighted by Gasteiger charge is 2.71. The number of carbonyl (C=O) groups is 2. The van der Waals surface area contributed by atoms with Gasteiger partial charge in [0.2, 0.25) is 0 Å². The number of nitro groups is 1. The van der Waals surface area contributed by atoms with E-state index >= 15 is 0 Å². The third kappa shape index (κ3) is 4.01. The minimum atomic E-state index is -0.974. The molecule has 0 aliphatic carbocycles. The number of fused-ring (bicyclic) bond motifs is 1. The molecule has 2 fully saturated rings. The number of β-lactam (4-membered cyclic amide) rings is 1. The van der Waals surface area contributed by atoms with Crippen molar-refractivity contribution in [3.63, 3.8) is 0 Å².